The molecule has 0 aliphatic carbocycles. The summed E-state index contributed by atoms with van der Waals surface area (Å²) in [5.74, 6) is 0.475. The van der Waals surface area contributed by atoms with Crippen molar-refractivity contribution >= 4 is 17.5 Å². The number of halogens is 2. The summed E-state index contributed by atoms with van der Waals surface area (Å²) >= 11 is 5.96. The Hall–Kier alpha value is -3.39. The average Bonchev–Trinajstić information content (AvgIpc) is 3.17. The molecule has 27 heavy (non-hydrogen) atoms. The number of rotatable bonds is 4. The maximum absolute atomic E-state index is 13.8. The molecule has 0 atom stereocenters. The van der Waals surface area contributed by atoms with Crippen molar-refractivity contribution in [2.45, 2.75) is 0 Å². The van der Waals surface area contributed by atoms with Gasteiger partial charge in [-0.1, -0.05) is 23.7 Å². The van der Waals surface area contributed by atoms with Gasteiger partial charge in [0.2, 0.25) is 5.95 Å². The summed E-state index contributed by atoms with van der Waals surface area (Å²) < 4.78 is 15.3. The first kappa shape index (κ1) is 17.0. The van der Waals surface area contributed by atoms with Crippen molar-refractivity contribution in [3.63, 3.8) is 0 Å². The number of aromatic nitrogens is 6. The molecule has 4 rings (SSSR count). The largest absolute Gasteiger partial charge is 0.357 e. The number of nitrogens with one attached hydrogen (secondary N) is 1. The second-order valence-corrected chi connectivity index (χ2v) is 6.04. The Morgan fingerprint density at radius 2 is 1.93 bits per heavy atom. The molecular weight excluding hydrogens is 369 g/mol. The fourth-order valence-corrected chi connectivity index (χ4v) is 2.76. The second-order valence-electron chi connectivity index (χ2n) is 5.61. The lowest BCUT2D eigenvalue weighted by Gasteiger charge is -2.11. The summed E-state index contributed by atoms with van der Waals surface area (Å²) in [5, 5.41) is 15.5. The van der Waals surface area contributed by atoms with E-state index in [1.807, 2.05) is 0 Å². The summed E-state index contributed by atoms with van der Waals surface area (Å²) in [7, 11) is 1.71. The molecule has 0 aliphatic rings. The van der Waals surface area contributed by atoms with Crippen molar-refractivity contribution in [1.82, 2.24) is 30.2 Å². The van der Waals surface area contributed by atoms with Crippen molar-refractivity contribution in [2.75, 3.05) is 12.4 Å². The van der Waals surface area contributed by atoms with E-state index in [0.717, 1.165) is 5.69 Å². The topological polar surface area (TPSA) is 81.4 Å². The zero-order valence-corrected chi connectivity index (χ0v) is 14.9. The van der Waals surface area contributed by atoms with Crippen LogP contribution >= 0.6 is 11.6 Å². The van der Waals surface area contributed by atoms with E-state index in [4.69, 9.17) is 11.6 Å². The predicted octanol–water partition coefficient (Wildman–Crippen LogP) is 3.62. The number of benzene rings is 2. The summed E-state index contributed by atoms with van der Waals surface area (Å²) in [6, 6.07) is 13.3. The number of hydrogen-bond donors (Lipinski definition) is 1. The van der Waals surface area contributed by atoms with Gasteiger partial charge >= 0.3 is 0 Å². The van der Waals surface area contributed by atoms with Gasteiger partial charge in [0.25, 0.3) is 0 Å². The average molecular weight is 382 g/mol. The normalized spacial score (nSPS) is 10.8. The number of tetrazole rings is 1. The number of hydrogen-bond acceptors (Lipinski definition) is 6. The highest BCUT2D eigenvalue weighted by molar-refractivity contribution is 6.30. The zero-order valence-electron chi connectivity index (χ0n) is 14.1. The molecule has 134 valence electrons. The first-order valence-electron chi connectivity index (χ1n) is 8.01. The van der Waals surface area contributed by atoms with E-state index in [-0.39, 0.29) is 5.82 Å². The standard InChI is InChI=1S/C18H13ClFN7/c1-21-18-22-10-15(16(23-18)11-3-2-4-13(20)9-11)17-24-25-26-27(17)14-7-5-12(19)6-8-14/h2-10H,1H3,(H,21,22,23). The van der Waals surface area contributed by atoms with E-state index in [1.165, 1.54) is 12.1 Å². The van der Waals surface area contributed by atoms with E-state index in [9.17, 15) is 4.39 Å². The third-order valence-corrected chi connectivity index (χ3v) is 4.14. The smallest absolute Gasteiger partial charge is 0.222 e. The van der Waals surface area contributed by atoms with Gasteiger partial charge in [0, 0.05) is 23.8 Å². The van der Waals surface area contributed by atoms with Crippen LogP contribution in [0.1, 0.15) is 0 Å². The molecule has 0 amide bonds. The molecule has 0 spiro atoms. The van der Waals surface area contributed by atoms with Crippen LogP contribution in [0.25, 0.3) is 28.3 Å². The Kier molecular flexibility index (Phi) is 4.47. The highest BCUT2D eigenvalue weighted by atomic mass is 35.5. The van der Waals surface area contributed by atoms with Crippen LogP contribution in [0, 0.1) is 5.82 Å². The van der Waals surface area contributed by atoms with Gasteiger partial charge in [-0.2, -0.15) is 4.68 Å². The molecule has 2 aromatic heterocycles. The molecule has 9 heteroatoms. The van der Waals surface area contributed by atoms with E-state index in [2.05, 4.69) is 30.8 Å². The predicted molar refractivity (Wildman–Crippen MR) is 100 cm³/mol. The van der Waals surface area contributed by atoms with E-state index < -0.39 is 0 Å². The van der Waals surface area contributed by atoms with Gasteiger partial charge in [-0.05, 0) is 46.8 Å². The summed E-state index contributed by atoms with van der Waals surface area (Å²) in [5.41, 5.74) is 2.40. The summed E-state index contributed by atoms with van der Waals surface area (Å²) in [6.45, 7) is 0. The van der Waals surface area contributed by atoms with Crippen LogP contribution in [-0.2, 0) is 0 Å². The Balaban J connectivity index is 1.91. The van der Waals surface area contributed by atoms with Crippen LogP contribution in [-0.4, -0.2) is 37.2 Å². The first-order valence-corrected chi connectivity index (χ1v) is 8.39. The quantitative estimate of drug-likeness (QED) is 0.581. The Morgan fingerprint density at radius 3 is 2.67 bits per heavy atom. The molecule has 2 aromatic carbocycles. The lowest BCUT2D eigenvalue weighted by Crippen LogP contribution is -2.04. The van der Waals surface area contributed by atoms with Crippen molar-refractivity contribution in [3.05, 3.63) is 65.6 Å². The highest BCUT2D eigenvalue weighted by Gasteiger charge is 2.18. The molecule has 0 saturated heterocycles. The van der Waals surface area contributed by atoms with Crippen LogP contribution in [0.2, 0.25) is 5.02 Å². The van der Waals surface area contributed by atoms with E-state index in [0.29, 0.717) is 33.6 Å². The van der Waals surface area contributed by atoms with Crippen LogP contribution in [0.4, 0.5) is 10.3 Å². The third-order valence-electron chi connectivity index (χ3n) is 3.89. The molecule has 4 aromatic rings. The molecule has 0 aliphatic heterocycles. The van der Waals surface area contributed by atoms with Crippen LogP contribution in [0.3, 0.4) is 0 Å². The Morgan fingerprint density at radius 1 is 1.11 bits per heavy atom. The van der Waals surface area contributed by atoms with Crippen LogP contribution in [0.5, 0.6) is 0 Å². The monoisotopic (exact) mass is 381 g/mol. The van der Waals surface area contributed by atoms with Gasteiger partial charge in [-0.3, -0.25) is 0 Å². The SMILES string of the molecule is CNc1ncc(-c2nnnn2-c2ccc(Cl)cc2)c(-c2cccc(F)c2)n1. The second kappa shape index (κ2) is 7.08. The van der Waals surface area contributed by atoms with Gasteiger partial charge in [0.15, 0.2) is 5.82 Å². The van der Waals surface area contributed by atoms with E-state index >= 15 is 0 Å². The first-order chi connectivity index (χ1) is 13.2. The van der Waals surface area contributed by atoms with Gasteiger partial charge in [0.1, 0.15) is 5.82 Å². The molecule has 0 radical (unpaired) electrons. The molecular formula is C18H13ClFN7. The van der Waals surface area contributed by atoms with Gasteiger partial charge in [-0.15, -0.1) is 5.10 Å². The van der Waals surface area contributed by atoms with Crippen molar-refractivity contribution in [3.8, 4) is 28.3 Å². The maximum Gasteiger partial charge on any atom is 0.222 e. The maximum atomic E-state index is 13.8. The molecule has 0 unspecified atom stereocenters. The van der Waals surface area contributed by atoms with Crippen molar-refractivity contribution in [1.29, 1.82) is 0 Å². The van der Waals surface area contributed by atoms with Gasteiger partial charge < -0.3 is 5.32 Å². The molecule has 1 N–H and O–H groups in total. The highest BCUT2D eigenvalue weighted by Crippen LogP contribution is 2.30. The van der Waals surface area contributed by atoms with Crippen molar-refractivity contribution in [2.24, 2.45) is 0 Å². The lowest BCUT2D eigenvalue weighted by atomic mass is 10.1. The summed E-state index contributed by atoms with van der Waals surface area (Å²) in [6.07, 6.45) is 1.61. The van der Waals surface area contributed by atoms with E-state index in [1.54, 1.807) is 54.3 Å². The molecule has 0 fully saturated rings. The Labute approximate surface area is 158 Å². The fourth-order valence-electron chi connectivity index (χ4n) is 2.63. The number of nitrogens with zero attached hydrogens (tertiary/aromatic N) is 6. The minimum absolute atomic E-state index is 0.361. The molecule has 0 bridgehead atoms. The van der Waals surface area contributed by atoms with Crippen LogP contribution in [0.15, 0.2) is 54.7 Å². The molecule has 0 saturated carbocycles. The number of anilines is 1. The fraction of sp³-hybridized carbons (Fsp3) is 0.0556. The lowest BCUT2D eigenvalue weighted by molar-refractivity contribution is 0.628. The van der Waals surface area contributed by atoms with Gasteiger partial charge in [-0.25, -0.2) is 14.4 Å². The zero-order chi connectivity index (χ0) is 18.8. The minimum atomic E-state index is -0.361. The molecule has 7 nitrogen and oxygen atoms in total. The van der Waals surface area contributed by atoms with Gasteiger partial charge in [0.05, 0.1) is 16.9 Å². The van der Waals surface area contributed by atoms with Crippen LogP contribution < -0.4 is 5.32 Å². The minimum Gasteiger partial charge on any atom is -0.357 e. The third kappa shape index (κ3) is 3.34. The Bertz CT molecular complexity index is 1100. The molecule has 2 heterocycles. The van der Waals surface area contributed by atoms with Crippen molar-refractivity contribution < 1.29 is 4.39 Å². The summed E-state index contributed by atoms with van der Waals surface area (Å²) in [4.78, 5) is 8.75.